The molecule has 1 aliphatic heterocycles. The molecule has 3 rings (SSSR count). The number of nitrogens with one attached hydrogen (secondary N) is 2. The first kappa shape index (κ1) is 17.5. The quantitative estimate of drug-likeness (QED) is 0.802. The van der Waals surface area contributed by atoms with Crippen LogP contribution in [0.5, 0.6) is 0 Å². The van der Waals surface area contributed by atoms with Crippen molar-refractivity contribution in [1.29, 1.82) is 0 Å². The summed E-state index contributed by atoms with van der Waals surface area (Å²) in [6.45, 7) is 5.53. The Morgan fingerprint density at radius 2 is 2.16 bits per heavy atom. The Morgan fingerprint density at radius 1 is 1.36 bits per heavy atom. The lowest BCUT2D eigenvalue weighted by atomic mass is 10.1. The fraction of sp³-hybridized carbons (Fsp3) is 0.222. The molecule has 2 N–H and O–H groups in total. The molecule has 1 aromatic heterocycles. The van der Waals surface area contributed by atoms with Gasteiger partial charge in [0.1, 0.15) is 11.0 Å². The fourth-order valence-corrected chi connectivity index (χ4v) is 3.88. The van der Waals surface area contributed by atoms with E-state index in [1.807, 2.05) is 22.6 Å². The summed E-state index contributed by atoms with van der Waals surface area (Å²) >= 11 is 0. The van der Waals surface area contributed by atoms with Crippen LogP contribution in [0.2, 0.25) is 0 Å². The Morgan fingerprint density at radius 3 is 2.84 bits per heavy atom. The second kappa shape index (κ2) is 8.15. The van der Waals surface area contributed by atoms with Crippen molar-refractivity contribution in [2.75, 3.05) is 25.0 Å². The summed E-state index contributed by atoms with van der Waals surface area (Å²) in [5, 5.41) is 6.12. The van der Waals surface area contributed by atoms with E-state index in [9.17, 15) is 9.00 Å². The van der Waals surface area contributed by atoms with Crippen LogP contribution in [-0.4, -0.2) is 39.0 Å². The Hall–Kier alpha value is -2.35. The monoisotopic (exact) mass is 356 g/mol. The van der Waals surface area contributed by atoms with E-state index < -0.39 is 11.0 Å². The molecule has 1 amide bonds. The Labute approximate surface area is 149 Å². The highest BCUT2D eigenvalue weighted by molar-refractivity contribution is 7.82. The van der Waals surface area contributed by atoms with Crippen LogP contribution in [0.25, 0.3) is 0 Å². The third-order valence-electron chi connectivity index (χ3n) is 3.97. The lowest BCUT2D eigenvalue weighted by Crippen LogP contribution is -2.46. The van der Waals surface area contributed by atoms with Crippen molar-refractivity contribution in [2.45, 2.75) is 10.9 Å². The third-order valence-corrected chi connectivity index (χ3v) is 5.44. The van der Waals surface area contributed by atoms with Crippen molar-refractivity contribution < 1.29 is 9.00 Å². The first-order valence-electron chi connectivity index (χ1n) is 8.01. The lowest BCUT2D eigenvalue weighted by molar-refractivity contribution is -0.111. The van der Waals surface area contributed by atoms with Crippen molar-refractivity contribution in [2.24, 2.45) is 0 Å². The number of carbonyl (C=O) groups excluding carboxylic acids is 1. The van der Waals surface area contributed by atoms with Gasteiger partial charge in [-0.25, -0.2) is 8.51 Å². The molecule has 0 saturated carbocycles. The zero-order valence-corrected chi connectivity index (χ0v) is 14.5. The molecule has 2 aromatic rings. The minimum atomic E-state index is -1.25. The normalized spacial score (nSPS) is 19.1. The van der Waals surface area contributed by atoms with Gasteiger partial charge in [-0.15, -0.1) is 0 Å². The first-order valence-corrected chi connectivity index (χ1v) is 9.11. The number of piperazine rings is 1. The smallest absolute Gasteiger partial charge is 0.247 e. The Bertz CT molecular complexity index is 764. The van der Waals surface area contributed by atoms with Crippen LogP contribution in [0.3, 0.4) is 0 Å². The standard InChI is InChI=1S/C18H20N4O2S/c1-2-18(23)21-15-5-7-16(8-6-15)25(24)22-11-10-20-17(13-22)14-4-3-9-19-12-14/h2-9,12,17,20H,1,10-11,13H2,(H,21,23). The summed E-state index contributed by atoms with van der Waals surface area (Å²) < 4.78 is 14.8. The van der Waals surface area contributed by atoms with Crippen molar-refractivity contribution in [1.82, 2.24) is 14.6 Å². The van der Waals surface area contributed by atoms with Crippen LogP contribution in [-0.2, 0) is 15.8 Å². The molecule has 25 heavy (non-hydrogen) atoms. The molecule has 0 aliphatic carbocycles. The summed E-state index contributed by atoms with van der Waals surface area (Å²) in [7, 11) is -1.25. The lowest BCUT2D eigenvalue weighted by Gasteiger charge is -2.32. The number of anilines is 1. The molecular formula is C18H20N4O2S. The maximum absolute atomic E-state index is 12.9. The van der Waals surface area contributed by atoms with Gasteiger partial charge in [0, 0.05) is 43.8 Å². The number of rotatable bonds is 5. The molecule has 0 radical (unpaired) electrons. The van der Waals surface area contributed by atoms with Gasteiger partial charge < -0.3 is 10.6 Å². The fourth-order valence-electron chi connectivity index (χ4n) is 2.68. The molecule has 1 aliphatic rings. The number of aromatic nitrogens is 1. The van der Waals surface area contributed by atoms with E-state index >= 15 is 0 Å². The molecule has 1 fully saturated rings. The Balaban J connectivity index is 1.68. The molecular weight excluding hydrogens is 336 g/mol. The summed E-state index contributed by atoms with van der Waals surface area (Å²) in [4.78, 5) is 16.2. The summed E-state index contributed by atoms with van der Waals surface area (Å²) in [6, 6.07) is 11.1. The average molecular weight is 356 g/mol. The summed E-state index contributed by atoms with van der Waals surface area (Å²) in [5.41, 5.74) is 1.74. The number of amides is 1. The SMILES string of the molecule is C=CC(=O)Nc1ccc(S(=O)N2CCNC(c3cccnc3)C2)cc1. The van der Waals surface area contributed by atoms with E-state index in [-0.39, 0.29) is 11.9 Å². The van der Waals surface area contributed by atoms with Crippen molar-refractivity contribution >= 4 is 22.6 Å². The van der Waals surface area contributed by atoms with Crippen LogP contribution < -0.4 is 10.6 Å². The van der Waals surface area contributed by atoms with E-state index in [1.54, 1.807) is 30.5 Å². The number of hydrogen-bond donors (Lipinski definition) is 2. The van der Waals surface area contributed by atoms with Crippen molar-refractivity contribution in [3.63, 3.8) is 0 Å². The minimum absolute atomic E-state index is 0.109. The van der Waals surface area contributed by atoms with E-state index in [4.69, 9.17) is 0 Å². The minimum Gasteiger partial charge on any atom is -0.323 e. The van der Waals surface area contributed by atoms with Gasteiger partial charge in [0.05, 0.1) is 4.90 Å². The van der Waals surface area contributed by atoms with Crippen LogP contribution in [0, 0.1) is 0 Å². The maximum atomic E-state index is 12.9. The molecule has 6 nitrogen and oxygen atoms in total. The highest BCUT2D eigenvalue weighted by atomic mass is 32.2. The molecule has 130 valence electrons. The molecule has 2 atom stereocenters. The summed E-state index contributed by atoms with van der Waals surface area (Å²) in [6.07, 6.45) is 4.79. The molecule has 7 heteroatoms. The third kappa shape index (κ3) is 4.39. The largest absolute Gasteiger partial charge is 0.323 e. The first-order chi connectivity index (χ1) is 12.2. The average Bonchev–Trinajstić information content (AvgIpc) is 2.68. The van der Waals surface area contributed by atoms with Crippen molar-refractivity contribution in [3.05, 3.63) is 67.0 Å². The number of nitrogens with zero attached hydrogens (tertiary/aromatic N) is 2. The van der Waals surface area contributed by atoms with Gasteiger partial charge in [-0.1, -0.05) is 12.6 Å². The van der Waals surface area contributed by atoms with Crippen LogP contribution >= 0.6 is 0 Å². The highest BCUT2D eigenvalue weighted by Gasteiger charge is 2.25. The molecule has 0 bridgehead atoms. The highest BCUT2D eigenvalue weighted by Crippen LogP contribution is 2.21. The molecule has 1 aromatic carbocycles. The van der Waals surface area contributed by atoms with Gasteiger partial charge >= 0.3 is 0 Å². The van der Waals surface area contributed by atoms with E-state index in [0.29, 0.717) is 23.7 Å². The molecule has 2 heterocycles. The van der Waals surface area contributed by atoms with E-state index in [1.165, 1.54) is 6.08 Å². The number of hydrogen-bond acceptors (Lipinski definition) is 4. The molecule has 1 saturated heterocycles. The van der Waals surface area contributed by atoms with Gasteiger partial charge in [-0.2, -0.15) is 0 Å². The molecule has 0 spiro atoms. The Kier molecular flexibility index (Phi) is 5.70. The number of carbonyl (C=O) groups is 1. The predicted molar refractivity (Wildman–Crippen MR) is 98.2 cm³/mol. The predicted octanol–water partition coefficient (Wildman–Crippen LogP) is 1.88. The zero-order chi connectivity index (χ0) is 17.6. The van der Waals surface area contributed by atoms with Gasteiger partial charge in [0.25, 0.3) is 0 Å². The topological polar surface area (TPSA) is 74.3 Å². The van der Waals surface area contributed by atoms with Gasteiger partial charge in [0.15, 0.2) is 0 Å². The van der Waals surface area contributed by atoms with Gasteiger partial charge in [0.2, 0.25) is 5.91 Å². The van der Waals surface area contributed by atoms with Gasteiger partial charge in [-0.05, 0) is 42.0 Å². The maximum Gasteiger partial charge on any atom is 0.247 e. The van der Waals surface area contributed by atoms with Crippen LogP contribution in [0.4, 0.5) is 5.69 Å². The number of pyridine rings is 1. The van der Waals surface area contributed by atoms with E-state index in [2.05, 4.69) is 22.2 Å². The molecule has 2 unspecified atom stereocenters. The second-order valence-corrected chi connectivity index (χ2v) is 7.13. The van der Waals surface area contributed by atoms with E-state index in [0.717, 1.165) is 12.1 Å². The van der Waals surface area contributed by atoms with Crippen LogP contribution in [0.15, 0.2) is 66.3 Å². The number of benzene rings is 1. The zero-order valence-electron chi connectivity index (χ0n) is 13.7. The van der Waals surface area contributed by atoms with Gasteiger partial charge in [-0.3, -0.25) is 9.78 Å². The summed E-state index contributed by atoms with van der Waals surface area (Å²) in [5.74, 6) is -0.268. The van der Waals surface area contributed by atoms with Crippen molar-refractivity contribution in [3.8, 4) is 0 Å². The second-order valence-electron chi connectivity index (χ2n) is 5.65. The van der Waals surface area contributed by atoms with Crippen LogP contribution in [0.1, 0.15) is 11.6 Å².